The molecule has 0 aromatic rings. The summed E-state index contributed by atoms with van der Waals surface area (Å²) in [6.07, 6.45) is 55.5. The van der Waals surface area contributed by atoms with Crippen molar-refractivity contribution in [3.63, 3.8) is 0 Å². The van der Waals surface area contributed by atoms with Crippen LogP contribution in [0.1, 0.15) is 357 Å². The zero-order valence-corrected chi connectivity index (χ0v) is 48.9. The fraction of sp³-hybridized carbons (Fsp3) is 0.902. The highest BCUT2D eigenvalue weighted by molar-refractivity contribution is 5.75. The Bertz CT molecular complexity index is 892. The number of primary amides is 6. The van der Waals surface area contributed by atoms with Crippen LogP contribution in [0.3, 0.4) is 0 Å². The third-order valence-corrected chi connectivity index (χ3v) is 12.2. The van der Waals surface area contributed by atoms with Crippen LogP contribution in [-0.2, 0) is 28.8 Å². The molecule has 0 unspecified atom stereocenters. The van der Waals surface area contributed by atoms with Crippen LogP contribution >= 0.6 is 0 Å². The standard InChI is InChI=1S/6C10H21NO.CH4/c6*1-2-3-4-5-6-7-8-9-10(11)12;/h6*2-9H2,1H3,(H2,11,12);1H4. The molecule has 12 nitrogen and oxygen atoms in total. The van der Waals surface area contributed by atoms with E-state index in [1.165, 1.54) is 193 Å². The Morgan fingerprint density at radius 3 is 0.342 bits per heavy atom. The molecule has 0 rings (SSSR count). The van der Waals surface area contributed by atoms with Gasteiger partial charge in [0.1, 0.15) is 0 Å². The first-order chi connectivity index (χ1) is 34.6. The smallest absolute Gasteiger partial charge is 0.217 e. The van der Waals surface area contributed by atoms with Gasteiger partial charge in [-0.3, -0.25) is 28.8 Å². The van der Waals surface area contributed by atoms with Crippen molar-refractivity contribution in [3.8, 4) is 0 Å². The van der Waals surface area contributed by atoms with E-state index in [0.29, 0.717) is 38.5 Å². The van der Waals surface area contributed by atoms with Gasteiger partial charge < -0.3 is 34.4 Å². The summed E-state index contributed by atoms with van der Waals surface area (Å²) < 4.78 is 0. The summed E-state index contributed by atoms with van der Waals surface area (Å²) in [5, 5.41) is 0. The summed E-state index contributed by atoms with van der Waals surface area (Å²) in [5.41, 5.74) is 30.1. The number of rotatable bonds is 48. The minimum atomic E-state index is -0.163. The lowest BCUT2D eigenvalue weighted by atomic mass is 10.1. The maximum Gasteiger partial charge on any atom is 0.217 e. The van der Waals surface area contributed by atoms with Gasteiger partial charge in [0.2, 0.25) is 35.4 Å². The minimum Gasteiger partial charge on any atom is -0.370 e. The maximum absolute atomic E-state index is 10.4. The molecule has 0 aromatic carbocycles. The van der Waals surface area contributed by atoms with Crippen LogP contribution in [0.2, 0.25) is 0 Å². The van der Waals surface area contributed by atoms with Crippen molar-refractivity contribution in [1.82, 2.24) is 0 Å². The number of unbranched alkanes of at least 4 members (excludes halogenated alkanes) is 36. The van der Waals surface area contributed by atoms with Gasteiger partial charge in [0.25, 0.3) is 0 Å². The summed E-state index contributed by atoms with van der Waals surface area (Å²) >= 11 is 0. The third-order valence-electron chi connectivity index (χ3n) is 12.2. The van der Waals surface area contributed by atoms with Crippen LogP contribution in [0.15, 0.2) is 0 Å². The second kappa shape index (κ2) is 80.2. The van der Waals surface area contributed by atoms with Crippen molar-refractivity contribution < 1.29 is 28.8 Å². The van der Waals surface area contributed by atoms with Crippen LogP contribution in [0.25, 0.3) is 0 Å². The Labute approximate surface area is 454 Å². The number of carbonyl (C=O) groups excluding carboxylic acids is 6. The molecule has 0 aliphatic carbocycles. The summed E-state index contributed by atoms with van der Waals surface area (Å²) in [6, 6.07) is 0. The van der Waals surface area contributed by atoms with Crippen LogP contribution in [0.4, 0.5) is 0 Å². The Balaban J connectivity index is -0.000000143. The molecule has 0 spiro atoms. The number of carbonyl (C=O) groups is 6. The molecule has 0 heterocycles. The first-order valence-corrected chi connectivity index (χ1v) is 30.3. The number of amides is 6. The van der Waals surface area contributed by atoms with Crippen molar-refractivity contribution >= 4 is 35.4 Å². The van der Waals surface area contributed by atoms with Gasteiger partial charge in [-0.1, -0.05) is 280 Å². The average Bonchev–Trinajstić information content (AvgIpc) is 3.33. The van der Waals surface area contributed by atoms with E-state index >= 15 is 0 Å². The van der Waals surface area contributed by atoms with Gasteiger partial charge in [-0.15, -0.1) is 0 Å². The molecule has 12 N–H and O–H groups in total. The topological polar surface area (TPSA) is 259 Å². The highest BCUT2D eigenvalue weighted by Crippen LogP contribution is 2.12. The van der Waals surface area contributed by atoms with E-state index in [2.05, 4.69) is 41.5 Å². The molecule has 0 radical (unpaired) electrons. The van der Waals surface area contributed by atoms with E-state index in [4.69, 9.17) is 34.4 Å². The van der Waals surface area contributed by atoms with Gasteiger partial charge in [-0.25, -0.2) is 0 Å². The summed E-state index contributed by atoms with van der Waals surface area (Å²) in [4.78, 5) is 62.1. The predicted octanol–water partition coefficient (Wildman–Crippen LogP) is 16.3. The first kappa shape index (κ1) is 83.8. The van der Waals surface area contributed by atoms with Gasteiger partial charge in [-0.2, -0.15) is 0 Å². The summed E-state index contributed by atoms with van der Waals surface area (Å²) in [6.45, 7) is 13.3. The Morgan fingerprint density at radius 2 is 0.260 bits per heavy atom. The van der Waals surface area contributed by atoms with Crippen LogP contribution in [0.5, 0.6) is 0 Å². The molecule has 0 saturated heterocycles. The van der Waals surface area contributed by atoms with Gasteiger partial charge in [0.15, 0.2) is 0 Å². The number of hydrogen-bond acceptors (Lipinski definition) is 6. The van der Waals surface area contributed by atoms with Gasteiger partial charge in [-0.05, 0) is 38.5 Å². The SMILES string of the molecule is C.CCCCCCCCCC(N)=O.CCCCCCCCCC(N)=O.CCCCCCCCCC(N)=O.CCCCCCCCCC(N)=O.CCCCCCCCCC(N)=O.CCCCCCCCCC(N)=O. The van der Waals surface area contributed by atoms with E-state index in [1.54, 1.807) is 0 Å². The molecule has 0 fully saturated rings. The molecule has 0 saturated carbocycles. The average molecular weight is 1040 g/mol. The first-order valence-electron chi connectivity index (χ1n) is 30.3. The summed E-state index contributed by atoms with van der Waals surface area (Å²) in [7, 11) is 0. The van der Waals surface area contributed by atoms with Crippen molar-refractivity contribution in [2.24, 2.45) is 34.4 Å². The van der Waals surface area contributed by atoms with Gasteiger partial charge in [0, 0.05) is 38.5 Å². The molecule has 0 aliphatic rings. The van der Waals surface area contributed by atoms with E-state index in [9.17, 15) is 28.8 Å². The second-order valence-electron chi connectivity index (χ2n) is 20.0. The predicted molar refractivity (Wildman–Crippen MR) is 318 cm³/mol. The van der Waals surface area contributed by atoms with E-state index < -0.39 is 0 Å². The van der Waals surface area contributed by atoms with Crippen molar-refractivity contribution in [1.29, 1.82) is 0 Å². The monoisotopic (exact) mass is 1040 g/mol. The maximum atomic E-state index is 10.4. The Hall–Kier alpha value is -3.18. The zero-order valence-electron chi connectivity index (χ0n) is 48.9. The molecule has 73 heavy (non-hydrogen) atoms. The fourth-order valence-corrected chi connectivity index (χ4v) is 7.54. The lowest BCUT2D eigenvalue weighted by Crippen LogP contribution is -2.09. The van der Waals surface area contributed by atoms with Crippen LogP contribution in [-0.4, -0.2) is 35.4 Å². The highest BCUT2D eigenvalue weighted by atomic mass is 16.2. The lowest BCUT2D eigenvalue weighted by Gasteiger charge is -1.98. The van der Waals surface area contributed by atoms with Crippen molar-refractivity contribution in [3.05, 3.63) is 0 Å². The number of nitrogens with two attached hydrogens (primary N) is 6. The number of hydrogen-bond donors (Lipinski definition) is 6. The quantitative estimate of drug-likeness (QED) is 0.0323. The molecular formula is C61H130N6O6. The second-order valence-corrected chi connectivity index (χ2v) is 20.0. The Kier molecular flexibility index (Phi) is 92.1. The minimum absolute atomic E-state index is 0. The third kappa shape index (κ3) is 119. The zero-order chi connectivity index (χ0) is 55.4. The molecule has 0 bridgehead atoms. The van der Waals surface area contributed by atoms with Gasteiger partial charge >= 0.3 is 0 Å². The fourth-order valence-electron chi connectivity index (χ4n) is 7.54. The molecule has 440 valence electrons. The lowest BCUT2D eigenvalue weighted by molar-refractivity contribution is -0.119. The molecule has 6 amide bonds. The van der Waals surface area contributed by atoms with Gasteiger partial charge in [0.05, 0.1) is 0 Å². The normalized spacial score (nSPS) is 9.95. The van der Waals surface area contributed by atoms with Crippen molar-refractivity contribution in [2.45, 2.75) is 357 Å². The Morgan fingerprint density at radius 1 is 0.178 bits per heavy atom. The van der Waals surface area contributed by atoms with E-state index in [-0.39, 0.29) is 42.9 Å². The highest BCUT2D eigenvalue weighted by Gasteiger charge is 1.99. The van der Waals surface area contributed by atoms with Crippen LogP contribution in [0, 0.1) is 0 Å². The molecule has 0 aliphatic heterocycles. The van der Waals surface area contributed by atoms with Crippen LogP contribution < -0.4 is 34.4 Å². The van der Waals surface area contributed by atoms with E-state index in [1.807, 2.05) is 0 Å². The molecule has 0 aromatic heterocycles. The molecular weight excluding hydrogens is 913 g/mol. The largest absolute Gasteiger partial charge is 0.370 e. The van der Waals surface area contributed by atoms with E-state index in [0.717, 1.165) is 77.0 Å². The van der Waals surface area contributed by atoms with Crippen molar-refractivity contribution in [2.75, 3.05) is 0 Å². The molecule has 12 heteroatoms. The molecule has 0 atom stereocenters. The summed E-state index contributed by atoms with van der Waals surface area (Å²) in [5.74, 6) is -0.980.